The minimum atomic E-state index is -0.723. The molecular weight excluding hydrogens is 440 g/mol. The molecule has 34 heavy (non-hydrogen) atoms. The quantitative estimate of drug-likeness (QED) is 0.167. The van der Waals surface area contributed by atoms with Crippen LogP contribution in [-0.2, 0) is 9.53 Å². The number of hydrogen-bond donors (Lipinski definition) is 0. The zero-order valence-electron chi connectivity index (χ0n) is 18.0. The summed E-state index contributed by atoms with van der Waals surface area (Å²) in [6.07, 6.45) is 1.55. The summed E-state index contributed by atoms with van der Waals surface area (Å²) < 4.78 is 15.9. The van der Waals surface area contributed by atoms with E-state index in [4.69, 9.17) is 14.2 Å². The Morgan fingerprint density at radius 1 is 1.06 bits per heavy atom. The molecule has 3 aromatic rings. The highest BCUT2D eigenvalue weighted by atomic mass is 16.6. The second kappa shape index (κ2) is 9.78. The molecule has 0 saturated heterocycles. The lowest BCUT2D eigenvalue weighted by atomic mass is 10.2. The van der Waals surface area contributed by atoms with Gasteiger partial charge in [0.1, 0.15) is 11.5 Å². The molecule has 3 aromatic carbocycles. The Hall–Kier alpha value is -4.79. The molecule has 0 unspecified atom stereocenters. The zero-order chi connectivity index (χ0) is 24.1. The van der Waals surface area contributed by atoms with Crippen molar-refractivity contribution in [3.05, 3.63) is 105 Å². The Bertz CT molecular complexity index is 1310. The maximum Gasteiger partial charge on any atom is 0.363 e. The predicted molar refractivity (Wildman–Crippen MR) is 123 cm³/mol. The van der Waals surface area contributed by atoms with E-state index in [-0.39, 0.29) is 28.6 Å². The van der Waals surface area contributed by atoms with Gasteiger partial charge in [0.25, 0.3) is 5.69 Å². The van der Waals surface area contributed by atoms with Crippen LogP contribution in [0, 0.1) is 10.1 Å². The van der Waals surface area contributed by atoms with E-state index in [9.17, 15) is 19.7 Å². The average molecular weight is 458 g/mol. The second-order valence-corrected chi connectivity index (χ2v) is 7.06. The van der Waals surface area contributed by atoms with Crippen molar-refractivity contribution in [1.82, 2.24) is 0 Å². The molecular formula is C25H18N2O7. The van der Waals surface area contributed by atoms with Crippen LogP contribution in [0.4, 0.5) is 5.69 Å². The van der Waals surface area contributed by atoms with Crippen LogP contribution in [0.2, 0.25) is 0 Å². The van der Waals surface area contributed by atoms with Crippen molar-refractivity contribution in [2.75, 3.05) is 6.61 Å². The maximum absolute atomic E-state index is 12.3. The van der Waals surface area contributed by atoms with Crippen LogP contribution < -0.4 is 9.47 Å². The third-order valence-electron chi connectivity index (χ3n) is 4.72. The normalized spacial score (nSPS) is 13.9. The van der Waals surface area contributed by atoms with Crippen LogP contribution in [0.5, 0.6) is 11.5 Å². The molecule has 1 aliphatic heterocycles. The van der Waals surface area contributed by atoms with Gasteiger partial charge >= 0.3 is 11.9 Å². The van der Waals surface area contributed by atoms with Crippen molar-refractivity contribution in [3.8, 4) is 11.5 Å². The summed E-state index contributed by atoms with van der Waals surface area (Å²) in [5, 5.41) is 10.9. The van der Waals surface area contributed by atoms with Gasteiger partial charge in [0, 0.05) is 17.7 Å². The van der Waals surface area contributed by atoms with Gasteiger partial charge in [-0.3, -0.25) is 10.1 Å². The van der Waals surface area contributed by atoms with E-state index < -0.39 is 16.9 Å². The SMILES string of the molecule is CCOc1ccc(C2=N/C(=C\c3ccc(OC(=O)c4cccc([N+](=O)[O-])c4)cc3)C(=O)O2)cc1. The summed E-state index contributed by atoms with van der Waals surface area (Å²) >= 11 is 0. The molecule has 1 heterocycles. The molecule has 0 fully saturated rings. The fourth-order valence-electron chi connectivity index (χ4n) is 3.10. The van der Waals surface area contributed by atoms with Crippen molar-refractivity contribution in [2.24, 2.45) is 4.99 Å². The van der Waals surface area contributed by atoms with Crippen molar-refractivity contribution in [2.45, 2.75) is 6.92 Å². The minimum Gasteiger partial charge on any atom is -0.494 e. The predicted octanol–water partition coefficient (Wildman–Crippen LogP) is 4.56. The van der Waals surface area contributed by atoms with Gasteiger partial charge in [-0.1, -0.05) is 18.2 Å². The Morgan fingerprint density at radius 3 is 2.44 bits per heavy atom. The first-order valence-corrected chi connectivity index (χ1v) is 10.3. The molecule has 0 amide bonds. The van der Waals surface area contributed by atoms with Crippen LogP contribution in [0.15, 0.2) is 83.5 Å². The van der Waals surface area contributed by atoms with E-state index in [1.165, 1.54) is 18.2 Å². The summed E-state index contributed by atoms with van der Waals surface area (Å²) in [7, 11) is 0. The molecule has 0 bridgehead atoms. The lowest BCUT2D eigenvalue weighted by Gasteiger charge is -2.04. The number of nitrogens with zero attached hydrogens (tertiary/aromatic N) is 2. The third-order valence-corrected chi connectivity index (χ3v) is 4.72. The van der Waals surface area contributed by atoms with Crippen molar-refractivity contribution in [1.29, 1.82) is 0 Å². The number of hydrogen-bond acceptors (Lipinski definition) is 8. The molecule has 170 valence electrons. The molecule has 0 spiro atoms. The van der Waals surface area contributed by atoms with Crippen LogP contribution in [0.3, 0.4) is 0 Å². The van der Waals surface area contributed by atoms with Crippen LogP contribution in [0.25, 0.3) is 6.08 Å². The molecule has 1 aliphatic rings. The summed E-state index contributed by atoms with van der Waals surface area (Å²) in [5.74, 6) is -0.157. The fourth-order valence-corrected chi connectivity index (χ4v) is 3.10. The summed E-state index contributed by atoms with van der Waals surface area (Å²) in [6, 6.07) is 18.7. The standard InChI is InChI=1S/C25H18N2O7/c1-2-32-20-12-8-17(9-13-20)23-26-22(25(29)34-23)14-16-6-10-21(11-7-16)33-24(28)18-4-3-5-19(15-18)27(30)31/h3-15H,2H2,1H3/b22-14-. The first kappa shape index (κ1) is 22.4. The third kappa shape index (κ3) is 5.16. The summed E-state index contributed by atoms with van der Waals surface area (Å²) in [4.78, 5) is 39.1. The molecule has 4 rings (SSSR count). The van der Waals surface area contributed by atoms with Gasteiger partial charge in [0.2, 0.25) is 5.90 Å². The number of ether oxygens (including phenoxy) is 3. The molecule has 0 radical (unpaired) electrons. The number of benzene rings is 3. The van der Waals surface area contributed by atoms with Crippen LogP contribution >= 0.6 is 0 Å². The van der Waals surface area contributed by atoms with Gasteiger partial charge in [-0.05, 0) is 61.0 Å². The second-order valence-electron chi connectivity index (χ2n) is 7.06. The van der Waals surface area contributed by atoms with Gasteiger partial charge < -0.3 is 14.2 Å². The van der Waals surface area contributed by atoms with E-state index >= 15 is 0 Å². The van der Waals surface area contributed by atoms with Crippen LogP contribution in [-0.4, -0.2) is 29.4 Å². The van der Waals surface area contributed by atoms with Gasteiger partial charge in [0.15, 0.2) is 5.70 Å². The first-order valence-electron chi connectivity index (χ1n) is 10.3. The van der Waals surface area contributed by atoms with Crippen molar-refractivity contribution >= 4 is 29.6 Å². The Morgan fingerprint density at radius 2 is 1.76 bits per heavy atom. The van der Waals surface area contributed by atoms with E-state index in [0.717, 1.165) is 6.07 Å². The number of esters is 2. The number of aliphatic imine (C=N–C) groups is 1. The minimum absolute atomic E-state index is 0.0604. The fraction of sp³-hybridized carbons (Fsp3) is 0.0800. The Balaban J connectivity index is 1.45. The monoisotopic (exact) mass is 458 g/mol. The topological polar surface area (TPSA) is 117 Å². The smallest absolute Gasteiger partial charge is 0.363 e. The summed E-state index contributed by atoms with van der Waals surface area (Å²) in [6.45, 7) is 2.44. The molecule has 0 aliphatic carbocycles. The van der Waals surface area contributed by atoms with Crippen LogP contribution in [0.1, 0.15) is 28.4 Å². The van der Waals surface area contributed by atoms with E-state index in [2.05, 4.69) is 4.99 Å². The number of cyclic esters (lactones) is 1. The number of nitro groups is 1. The van der Waals surface area contributed by atoms with E-state index in [0.29, 0.717) is 23.5 Å². The van der Waals surface area contributed by atoms with E-state index in [1.807, 2.05) is 6.92 Å². The van der Waals surface area contributed by atoms with Gasteiger partial charge in [-0.2, -0.15) is 0 Å². The zero-order valence-corrected chi connectivity index (χ0v) is 18.0. The number of nitro benzene ring substituents is 1. The number of carbonyl (C=O) groups is 2. The van der Waals surface area contributed by atoms with Gasteiger partial charge in [-0.15, -0.1) is 0 Å². The largest absolute Gasteiger partial charge is 0.494 e. The highest BCUT2D eigenvalue weighted by Gasteiger charge is 2.24. The van der Waals surface area contributed by atoms with E-state index in [1.54, 1.807) is 54.6 Å². The lowest BCUT2D eigenvalue weighted by Crippen LogP contribution is -2.08. The maximum atomic E-state index is 12.3. The molecule has 9 heteroatoms. The van der Waals surface area contributed by atoms with Crippen molar-refractivity contribution < 1.29 is 28.7 Å². The van der Waals surface area contributed by atoms with Gasteiger partial charge in [-0.25, -0.2) is 14.6 Å². The number of carbonyl (C=O) groups excluding carboxylic acids is 2. The molecule has 0 atom stereocenters. The molecule has 9 nitrogen and oxygen atoms in total. The van der Waals surface area contributed by atoms with Crippen molar-refractivity contribution in [3.63, 3.8) is 0 Å². The molecule has 0 saturated carbocycles. The summed E-state index contributed by atoms with van der Waals surface area (Å²) in [5.41, 5.74) is 1.27. The van der Waals surface area contributed by atoms with Gasteiger partial charge in [0.05, 0.1) is 17.1 Å². The highest BCUT2D eigenvalue weighted by Crippen LogP contribution is 2.23. The number of rotatable bonds is 7. The lowest BCUT2D eigenvalue weighted by molar-refractivity contribution is -0.384. The first-order chi connectivity index (χ1) is 16.4. The highest BCUT2D eigenvalue weighted by molar-refractivity contribution is 6.12. The number of non-ortho nitro benzene ring substituents is 1. The Labute approximate surface area is 194 Å². The average Bonchev–Trinajstić information content (AvgIpc) is 3.21. The molecule has 0 N–H and O–H groups in total. The molecule has 0 aromatic heterocycles. The Kier molecular flexibility index (Phi) is 6.45.